The first-order valence-electron chi connectivity index (χ1n) is 7.17. The summed E-state index contributed by atoms with van der Waals surface area (Å²) in [5.41, 5.74) is 0.729. The second-order valence-corrected chi connectivity index (χ2v) is 5.40. The van der Waals surface area contributed by atoms with Crippen molar-refractivity contribution in [2.24, 2.45) is 0 Å². The first-order valence-corrected chi connectivity index (χ1v) is 7.57. The second-order valence-electron chi connectivity index (χ2n) is 4.99. The molecule has 0 aliphatic carbocycles. The van der Waals surface area contributed by atoms with Gasteiger partial charge in [0.25, 0.3) is 0 Å². The molecule has 2 aromatic carbocycles. The number of hydrogen-bond acceptors (Lipinski definition) is 3. The lowest BCUT2D eigenvalue weighted by molar-refractivity contribution is 0.286. The number of nitrogens with one attached hydrogen (secondary N) is 2. The highest BCUT2D eigenvalue weighted by atomic mass is 32.1. The zero-order valence-corrected chi connectivity index (χ0v) is 13.8. The van der Waals surface area contributed by atoms with Gasteiger partial charge >= 0.3 is 0 Å². The highest BCUT2D eigenvalue weighted by Gasteiger charge is 2.06. The normalized spacial score (nSPS) is 11.4. The lowest BCUT2D eigenvalue weighted by Gasteiger charge is -2.17. The van der Waals surface area contributed by atoms with Crippen LogP contribution in [-0.2, 0) is 0 Å². The Hall–Kier alpha value is -2.34. The number of methoxy groups -OCH3 is 1. The van der Waals surface area contributed by atoms with Gasteiger partial charge in [-0.15, -0.1) is 0 Å². The van der Waals surface area contributed by atoms with Gasteiger partial charge < -0.3 is 20.1 Å². The van der Waals surface area contributed by atoms with Crippen LogP contribution in [-0.4, -0.2) is 24.9 Å². The first kappa shape index (κ1) is 17.0. The summed E-state index contributed by atoms with van der Waals surface area (Å²) in [7, 11) is 1.62. The molecule has 122 valence electrons. The van der Waals surface area contributed by atoms with Crippen molar-refractivity contribution in [1.29, 1.82) is 0 Å². The number of rotatable bonds is 6. The number of halogens is 1. The van der Waals surface area contributed by atoms with Crippen LogP contribution in [0.2, 0.25) is 0 Å². The molecule has 1 atom stereocenters. The molecule has 0 spiro atoms. The zero-order valence-electron chi connectivity index (χ0n) is 13.0. The highest BCUT2D eigenvalue weighted by molar-refractivity contribution is 7.80. The highest BCUT2D eigenvalue weighted by Crippen LogP contribution is 2.17. The van der Waals surface area contributed by atoms with Gasteiger partial charge in [0.15, 0.2) is 5.11 Å². The van der Waals surface area contributed by atoms with E-state index >= 15 is 0 Å². The van der Waals surface area contributed by atoms with E-state index in [9.17, 15) is 4.39 Å². The summed E-state index contributed by atoms with van der Waals surface area (Å²) >= 11 is 5.22. The molecule has 0 fully saturated rings. The Kier molecular flexibility index (Phi) is 6.17. The predicted octanol–water partition coefficient (Wildman–Crippen LogP) is 3.59. The molecule has 0 heterocycles. The zero-order chi connectivity index (χ0) is 16.7. The van der Waals surface area contributed by atoms with Crippen molar-refractivity contribution in [2.45, 2.75) is 13.0 Å². The smallest absolute Gasteiger partial charge is 0.171 e. The maximum atomic E-state index is 12.8. The molecule has 0 radical (unpaired) electrons. The fourth-order valence-corrected chi connectivity index (χ4v) is 2.18. The van der Waals surface area contributed by atoms with E-state index in [1.807, 2.05) is 31.2 Å². The third kappa shape index (κ3) is 5.75. The van der Waals surface area contributed by atoms with E-state index in [4.69, 9.17) is 21.7 Å². The van der Waals surface area contributed by atoms with Gasteiger partial charge in [-0.2, -0.15) is 0 Å². The second kappa shape index (κ2) is 8.33. The summed E-state index contributed by atoms with van der Waals surface area (Å²) < 4.78 is 23.6. The van der Waals surface area contributed by atoms with Gasteiger partial charge in [0.2, 0.25) is 0 Å². The van der Waals surface area contributed by atoms with E-state index < -0.39 is 0 Å². The van der Waals surface area contributed by atoms with Crippen LogP contribution in [0.4, 0.5) is 10.1 Å². The van der Waals surface area contributed by atoms with Gasteiger partial charge in [0.05, 0.1) is 13.2 Å². The van der Waals surface area contributed by atoms with E-state index in [2.05, 4.69) is 10.6 Å². The van der Waals surface area contributed by atoms with E-state index in [1.54, 1.807) is 19.2 Å². The minimum absolute atomic E-state index is 0.0116. The molecule has 0 unspecified atom stereocenters. The van der Waals surface area contributed by atoms with Crippen LogP contribution in [0.3, 0.4) is 0 Å². The lowest BCUT2D eigenvalue weighted by Crippen LogP contribution is -2.39. The molecule has 6 heteroatoms. The largest absolute Gasteiger partial charge is 0.497 e. The number of benzene rings is 2. The maximum Gasteiger partial charge on any atom is 0.171 e. The summed E-state index contributed by atoms with van der Waals surface area (Å²) in [6.45, 7) is 2.42. The third-order valence-electron chi connectivity index (χ3n) is 3.04. The third-order valence-corrected chi connectivity index (χ3v) is 3.26. The first-order chi connectivity index (χ1) is 11.1. The SMILES string of the molecule is COc1ccc(OC[C@@H](C)NC(=S)Nc2ccc(F)cc2)cc1. The van der Waals surface area contributed by atoms with Crippen LogP contribution in [0.15, 0.2) is 48.5 Å². The van der Waals surface area contributed by atoms with Gasteiger partial charge in [-0.05, 0) is 67.7 Å². The van der Waals surface area contributed by atoms with E-state index in [-0.39, 0.29) is 11.9 Å². The van der Waals surface area contributed by atoms with E-state index in [0.29, 0.717) is 11.7 Å². The summed E-state index contributed by atoms with van der Waals surface area (Å²) in [5, 5.41) is 6.57. The minimum Gasteiger partial charge on any atom is -0.497 e. The fraction of sp³-hybridized carbons (Fsp3) is 0.235. The van der Waals surface area contributed by atoms with Gasteiger partial charge in [-0.25, -0.2) is 4.39 Å². The molecule has 0 saturated heterocycles. The number of thiocarbonyl (C=S) groups is 1. The Morgan fingerprint density at radius 1 is 1.09 bits per heavy atom. The van der Waals surface area contributed by atoms with E-state index in [0.717, 1.165) is 17.2 Å². The molecule has 0 aromatic heterocycles. The van der Waals surface area contributed by atoms with E-state index in [1.165, 1.54) is 12.1 Å². The molecular formula is C17H19FN2O2S. The molecule has 4 nitrogen and oxygen atoms in total. The van der Waals surface area contributed by atoms with Crippen LogP contribution >= 0.6 is 12.2 Å². The number of hydrogen-bond donors (Lipinski definition) is 2. The van der Waals surface area contributed by atoms with Crippen molar-refractivity contribution in [3.05, 3.63) is 54.3 Å². The predicted molar refractivity (Wildman–Crippen MR) is 93.7 cm³/mol. The molecule has 0 bridgehead atoms. The van der Waals surface area contributed by atoms with Gasteiger partial charge in [-0.1, -0.05) is 0 Å². The Balaban J connectivity index is 1.75. The molecule has 0 aliphatic heterocycles. The summed E-state index contributed by atoms with van der Waals surface area (Å²) in [6.07, 6.45) is 0. The summed E-state index contributed by atoms with van der Waals surface area (Å²) in [5.74, 6) is 1.26. The molecule has 0 amide bonds. The van der Waals surface area contributed by atoms with Crippen molar-refractivity contribution in [3.63, 3.8) is 0 Å². The Labute approximate surface area is 140 Å². The molecular weight excluding hydrogens is 315 g/mol. The quantitative estimate of drug-likeness (QED) is 0.790. The Morgan fingerprint density at radius 3 is 2.30 bits per heavy atom. The van der Waals surface area contributed by atoms with Crippen LogP contribution in [0.5, 0.6) is 11.5 Å². The number of ether oxygens (including phenoxy) is 2. The average Bonchev–Trinajstić information content (AvgIpc) is 2.55. The van der Waals surface area contributed by atoms with Gasteiger partial charge in [-0.3, -0.25) is 0 Å². The lowest BCUT2D eigenvalue weighted by atomic mass is 10.3. The average molecular weight is 334 g/mol. The fourth-order valence-electron chi connectivity index (χ4n) is 1.86. The molecule has 2 N–H and O–H groups in total. The van der Waals surface area contributed by atoms with Gasteiger partial charge in [0, 0.05) is 5.69 Å². The topological polar surface area (TPSA) is 42.5 Å². The summed E-state index contributed by atoms with van der Waals surface area (Å²) in [4.78, 5) is 0. The standard InChI is InChI=1S/C17H19FN2O2S/c1-12(11-22-16-9-7-15(21-2)8-10-16)19-17(23)20-14-5-3-13(18)4-6-14/h3-10,12H,11H2,1-2H3,(H2,19,20,23)/t12-/m1/s1. The summed E-state index contributed by atoms with van der Waals surface area (Å²) in [6, 6.07) is 13.4. The molecule has 0 saturated carbocycles. The Bertz CT molecular complexity index is 632. The van der Waals surface area contributed by atoms with Crippen molar-refractivity contribution in [3.8, 4) is 11.5 Å². The van der Waals surface area contributed by atoms with Crippen molar-refractivity contribution in [2.75, 3.05) is 19.0 Å². The Morgan fingerprint density at radius 2 is 1.70 bits per heavy atom. The van der Waals surface area contributed by atoms with Crippen LogP contribution in [0, 0.1) is 5.82 Å². The van der Waals surface area contributed by atoms with Crippen LogP contribution in [0.25, 0.3) is 0 Å². The molecule has 23 heavy (non-hydrogen) atoms. The van der Waals surface area contributed by atoms with Crippen LogP contribution < -0.4 is 20.1 Å². The van der Waals surface area contributed by atoms with Crippen molar-refractivity contribution >= 4 is 23.0 Å². The number of anilines is 1. The minimum atomic E-state index is -0.282. The molecule has 0 aliphatic rings. The van der Waals surface area contributed by atoms with Crippen LogP contribution in [0.1, 0.15) is 6.92 Å². The molecule has 2 rings (SSSR count). The van der Waals surface area contributed by atoms with Crippen molar-refractivity contribution in [1.82, 2.24) is 5.32 Å². The monoisotopic (exact) mass is 334 g/mol. The molecule has 2 aromatic rings. The van der Waals surface area contributed by atoms with Crippen molar-refractivity contribution < 1.29 is 13.9 Å². The van der Waals surface area contributed by atoms with Gasteiger partial charge in [0.1, 0.15) is 23.9 Å². The maximum absolute atomic E-state index is 12.8.